The van der Waals surface area contributed by atoms with Crippen molar-refractivity contribution in [2.45, 2.75) is 0 Å². The molecule has 1 aromatic heterocycles. The van der Waals surface area contributed by atoms with Crippen molar-refractivity contribution in [3.63, 3.8) is 0 Å². The lowest BCUT2D eigenvalue weighted by atomic mass is 10.2. The predicted octanol–water partition coefficient (Wildman–Crippen LogP) is 2.79. The van der Waals surface area contributed by atoms with Gasteiger partial charge in [0, 0.05) is 19.3 Å². The van der Waals surface area contributed by atoms with Crippen molar-refractivity contribution in [1.82, 2.24) is 4.98 Å². The first-order chi connectivity index (χ1) is 8.31. The zero-order valence-electron chi connectivity index (χ0n) is 9.34. The van der Waals surface area contributed by atoms with Crippen molar-refractivity contribution in [3.8, 4) is 17.6 Å². The molecule has 1 aromatic carbocycles. The fourth-order valence-electron chi connectivity index (χ4n) is 1.34. The Kier molecular flexibility index (Phi) is 3.22. The van der Waals surface area contributed by atoms with E-state index in [-0.39, 0.29) is 0 Å². The first kappa shape index (κ1) is 11.0. The van der Waals surface area contributed by atoms with Crippen LogP contribution in [-0.4, -0.2) is 12.0 Å². The maximum absolute atomic E-state index is 8.68. The van der Waals surface area contributed by atoms with Gasteiger partial charge in [-0.3, -0.25) is 0 Å². The zero-order chi connectivity index (χ0) is 12.1. The fraction of sp³-hybridized carbons (Fsp3) is 0.0769. The summed E-state index contributed by atoms with van der Waals surface area (Å²) in [6, 6.07) is 12.6. The van der Waals surface area contributed by atoms with E-state index < -0.39 is 0 Å². The maximum Gasteiger partial charge on any atom is 0.132 e. The van der Waals surface area contributed by atoms with E-state index in [1.807, 2.05) is 0 Å². The number of nitrogens with zero attached hydrogens (tertiary/aromatic N) is 2. The van der Waals surface area contributed by atoms with E-state index in [0.29, 0.717) is 17.1 Å². The lowest BCUT2D eigenvalue weighted by Crippen LogP contribution is -1.92. The monoisotopic (exact) mass is 225 g/mol. The highest BCUT2D eigenvalue weighted by molar-refractivity contribution is 5.42. The molecule has 0 bridgehead atoms. The van der Waals surface area contributed by atoms with E-state index in [1.54, 1.807) is 49.6 Å². The zero-order valence-corrected chi connectivity index (χ0v) is 9.34. The number of rotatable bonds is 3. The highest BCUT2D eigenvalue weighted by Crippen LogP contribution is 2.22. The SMILES string of the molecule is CNc1cc(Oc2ccc(C#N)cc2)ccn1. The van der Waals surface area contributed by atoms with Gasteiger partial charge in [0.1, 0.15) is 17.3 Å². The van der Waals surface area contributed by atoms with Gasteiger partial charge in [0.15, 0.2) is 0 Å². The molecule has 0 aliphatic rings. The summed E-state index contributed by atoms with van der Waals surface area (Å²) < 4.78 is 5.63. The second-order valence-corrected chi connectivity index (χ2v) is 3.37. The first-order valence-corrected chi connectivity index (χ1v) is 5.13. The Labute approximate surface area is 99.5 Å². The van der Waals surface area contributed by atoms with Crippen LogP contribution in [0.15, 0.2) is 42.6 Å². The van der Waals surface area contributed by atoms with Gasteiger partial charge in [-0.15, -0.1) is 0 Å². The largest absolute Gasteiger partial charge is 0.457 e. The molecule has 0 fully saturated rings. The third-order valence-electron chi connectivity index (χ3n) is 2.21. The van der Waals surface area contributed by atoms with Crippen LogP contribution in [0.4, 0.5) is 5.82 Å². The Morgan fingerprint density at radius 2 is 1.94 bits per heavy atom. The van der Waals surface area contributed by atoms with Crippen LogP contribution in [0.25, 0.3) is 0 Å². The molecular formula is C13H11N3O. The number of pyridine rings is 1. The highest BCUT2D eigenvalue weighted by atomic mass is 16.5. The molecule has 1 heterocycles. The van der Waals surface area contributed by atoms with Crippen molar-refractivity contribution in [2.75, 3.05) is 12.4 Å². The molecule has 2 rings (SSSR count). The third kappa shape index (κ3) is 2.73. The van der Waals surface area contributed by atoms with Gasteiger partial charge in [0.2, 0.25) is 0 Å². The van der Waals surface area contributed by atoms with Gasteiger partial charge in [0.25, 0.3) is 0 Å². The molecule has 0 spiro atoms. The lowest BCUT2D eigenvalue weighted by molar-refractivity contribution is 0.482. The minimum absolute atomic E-state index is 0.614. The van der Waals surface area contributed by atoms with E-state index in [2.05, 4.69) is 16.4 Å². The van der Waals surface area contributed by atoms with Crippen LogP contribution in [0.3, 0.4) is 0 Å². The number of hydrogen-bond acceptors (Lipinski definition) is 4. The Bertz CT molecular complexity index is 543. The molecule has 0 amide bonds. The van der Waals surface area contributed by atoms with Gasteiger partial charge in [-0.05, 0) is 30.3 Å². The summed E-state index contributed by atoms with van der Waals surface area (Å²) in [7, 11) is 1.80. The smallest absolute Gasteiger partial charge is 0.132 e. The van der Waals surface area contributed by atoms with Crippen LogP contribution in [0, 0.1) is 11.3 Å². The summed E-state index contributed by atoms with van der Waals surface area (Å²) in [5.41, 5.74) is 0.614. The molecular weight excluding hydrogens is 214 g/mol. The molecule has 0 unspecified atom stereocenters. The number of ether oxygens (including phenoxy) is 1. The molecule has 0 radical (unpaired) electrons. The van der Waals surface area contributed by atoms with Crippen LogP contribution >= 0.6 is 0 Å². The molecule has 0 saturated heterocycles. The van der Waals surface area contributed by atoms with Gasteiger partial charge in [0.05, 0.1) is 11.6 Å². The second kappa shape index (κ2) is 4.99. The number of aromatic nitrogens is 1. The minimum atomic E-state index is 0.614. The van der Waals surface area contributed by atoms with Crippen LogP contribution in [0.5, 0.6) is 11.5 Å². The number of benzene rings is 1. The van der Waals surface area contributed by atoms with Crippen molar-refractivity contribution >= 4 is 5.82 Å². The van der Waals surface area contributed by atoms with E-state index in [0.717, 1.165) is 5.82 Å². The standard InChI is InChI=1S/C13H11N3O/c1-15-13-8-12(6-7-16-13)17-11-4-2-10(9-14)3-5-11/h2-8H,1H3,(H,15,16). The average Bonchev–Trinajstić information content (AvgIpc) is 2.40. The third-order valence-corrected chi connectivity index (χ3v) is 2.21. The number of hydrogen-bond donors (Lipinski definition) is 1. The molecule has 0 aliphatic heterocycles. The minimum Gasteiger partial charge on any atom is -0.457 e. The van der Waals surface area contributed by atoms with Crippen molar-refractivity contribution in [2.24, 2.45) is 0 Å². The van der Waals surface area contributed by atoms with E-state index >= 15 is 0 Å². The maximum atomic E-state index is 8.68. The van der Waals surface area contributed by atoms with Gasteiger partial charge >= 0.3 is 0 Å². The molecule has 0 aliphatic carbocycles. The van der Waals surface area contributed by atoms with Crippen LogP contribution in [0.1, 0.15) is 5.56 Å². The molecule has 0 atom stereocenters. The predicted molar refractivity (Wildman–Crippen MR) is 65.0 cm³/mol. The van der Waals surface area contributed by atoms with Gasteiger partial charge in [-0.25, -0.2) is 4.98 Å². The van der Waals surface area contributed by atoms with Crippen LogP contribution < -0.4 is 10.1 Å². The summed E-state index contributed by atoms with van der Waals surface area (Å²) in [6.45, 7) is 0. The molecule has 1 N–H and O–H groups in total. The number of nitrogens with one attached hydrogen (secondary N) is 1. The van der Waals surface area contributed by atoms with E-state index in [9.17, 15) is 0 Å². The van der Waals surface area contributed by atoms with Crippen molar-refractivity contribution in [3.05, 3.63) is 48.2 Å². The molecule has 2 aromatic rings. The topological polar surface area (TPSA) is 57.9 Å². The van der Waals surface area contributed by atoms with Crippen molar-refractivity contribution in [1.29, 1.82) is 5.26 Å². The molecule has 4 heteroatoms. The summed E-state index contributed by atoms with van der Waals surface area (Å²) in [5, 5.41) is 11.6. The normalized spacial score (nSPS) is 9.41. The van der Waals surface area contributed by atoms with Crippen LogP contribution in [0.2, 0.25) is 0 Å². The summed E-state index contributed by atoms with van der Waals surface area (Å²) >= 11 is 0. The van der Waals surface area contributed by atoms with Crippen molar-refractivity contribution < 1.29 is 4.74 Å². The summed E-state index contributed by atoms with van der Waals surface area (Å²) in [4.78, 5) is 4.09. The Morgan fingerprint density at radius 1 is 1.18 bits per heavy atom. The number of nitriles is 1. The Balaban J connectivity index is 2.16. The van der Waals surface area contributed by atoms with Gasteiger partial charge in [-0.2, -0.15) is 5.26 Å². The fourth-order valence-corrected chi connectivity index (χ4v) is 1.34. The Hall–Kier alpha value is -2.54. The molecule has 84 valence electrons. The van der Waals surface area contributed by atoms with Gasteiger partial charge in [-0.1, -0.05) is 0 Å². The molecule has 4 nitrogen and oxygen atoms in total. The summed E-state index contributed by atoms with van der Waals surface area (Å²) in [5.74, 6) is 2.14. The first-order valence-electron chi connectivity index (χ1n) is 5.13. The average molecular weight is 225 g/mol. The lowest BCUT2D eigenvalue weighted by Gasteiger charge is -2.06. The summed E-state index contributed by atoms with van der Waals surface area (Å²) in [6.07, 6.45) is 1.67. The highest BCUT2D eigenvalue weighted by Gasteiger charge is 1.99. The molecule has 0 saturated carbocycles. The molecule has 17 heavy (non-hydrogen) atoms. The van der Waals surface area contributed by atoms with Gasteiger partial charge < -0.3 is 10.1 Å². The van der Waals surface area contributed by atoms with E-state index in [4.69, 9.17) is 10.00 Å². The van der Waals surface area contributed by atoms with Crippen LogP contribution in [-0.2, 0) is 0 Å². The second-order valence-electron chi connectivity index (χ2n) is 3.37. The van der Waals surface area contributed by atoms with E-state index in [1.165, 1.54) is 0 Å². The Morgan fingerprint density at radius 3 is 2.59 bits per heavy atom. The number of anilines is 1. The quantitative estimate of drug-likeness (QED) is 0.872.